The minimum absolute atomic E-state index is 0.0242. The molecule has 0 aliphatic heterocycles. The molecular weight excluding hydrogens is 797 g/mol. The van der Waals surface area contributed by atoms with Crippen molar-refractivity contribution >= 4 is 29.5 Å². The summed E-state index contributed by atoms with van der Waals surface area (Å²) in [5.74, 6) is 0.717. The maximum atomic E-state index is 13.3. The van der Waals surface area contributed by atoms with Crippen LogP contribution in [-0.4, -0.2) is 41.7 Å². The van der Waals surface area contributed by atoms with Gasteiger partial charge in [-0.3, -0.25) is 0 Å². The summed E-state index contributed by atoms with van der Waals surface area (Å²) < 4.78 is 96.8. The van der Waals surface area contributed by atoms with Crippen molar-refractivity contribution in [1.82, 2.24) is 0 Å². The molecule has 0 aliphatic rings. The third-order valence-corrected chi connectivity index (χ3v) is 13.8. The van der Waals surface area contributed by atoms with E-state index in [-0.39, 0.29) is 47.1 Å². The van der Waals surface area contributed by atoms with E-state index in [1.807, 2.05) is 39.8 Å². The zero-order chi connectivity index (χ0) is 42.5. The number of aromatic hydroxyl groups is 1. The number of sulfone groups is 3. The molecule has 0 aromatic heterocycles. The standard InChI is InChI=1S/C45H48O10S3/c1-8-10-33(53-34-16-24-39(25-17-34)57(49,50)38-20-12-32(13-21-38)44(2,3)4)11-9-30-56(47,48)37-22-14-35(15-23-37)54-43-29-28-41(31-42(43)46)58(51,52)40-26-18-36(19-27-40)55-45(5,6)7/h9-29,31,46H,8,30H2,1-7H3/b11-9-,33-10+. The van der Waals surface area contributed by atoms with Gasteiger partial charge in [-0.05, 0) is 147 Å². The lowest BCUT2D eigenvalue weighted by Crippen LogP contribution is -2.22. The first-order chi connectivity index (χ1) is 27.1. The maximum Gasteiger partial charge on any atom is 0.206 e. The Balaban J connectivity index is 1.20. The summed E-state index contributed by atoms with van der Waals surface area (Å²) in [5.41, 5.74) is 0.472. The van der Waals surface area contributed by atoms with Gasteiger partial charge < -0.3 is 19.3 Å². The van der Waals surface area contributed by atoms with E-state index in [4.69, 9.17) is 14.2 Å². The molecule has 0 atom stereocenters. The lowest BCUT2D eigenvalue weighted by molar-refractivity contribution is 0.131. The highest BCUT2D eigenvalue weighted by molar-refractivity contribution is 7.92. The fraction of sp³-hybridized carbons (Fsp3) is 0.244. The molecule has 5 aromatic rings. The molecule has 0 aliphatic carbocycles. The molecule has 0 saturated heterocycles. The largest absolute Gasteiger partial charge is 0.504 e. The van der Waals surface area contributed by atoms with Gasteiger partial charge in [-0.1, -0.05) is 45.9 Å². The van der Waals surface area contributed by atoms with Gasteiger partial charge in [0.25, 0.3) is 0 Å². The normalized spacial score (nSPS) is 13.1. The summed E-state index contributed by atoms with van der Waals surface area (Å²) in [6.45, 7) is 13.7. The number of rotatable bonds is 14. The predicted molar refractivity (Wildman–Crippen MR) is 224 cm³/mol. The second-order valence-electron chi connectivity index (χ2n) is 15.4. The lowest BCUT2D eigenvalue weighted by atomic mass is 9.87. The Hall–Kier alpha value is -5.37. The van der Waals surface area contributed by atoms with Gasteiger partial charge in [0.15, 0.2) is 21.3 Å². The number of hydrogen-bond donors (Lipinski definition) is 1. The Morgan fingerprint density at radius 1 is 0.603 bits per heavy atom. The quantitative estimate of drug-likeness (QED) is 0.0845. The average molecular weight is 845 g/mol. The van der Waals surface area contributed by atoms with Crippen molar-refractivity contribution < 1.29 is 44.6 Å². The van der Waals surface area contributed by atoms with Crippen LogP contribution < -0.4 is 14.2 Å². The first kappa shape index (κ1) is 43.7. The van der Waals surface area contributed by atoms with Gasteiger partial charge in [0, 0.05) is 6.07 Å². The minimum Gasteiger partial charge on any atom is -0.504 e. The zero-order valence-electron chi connectivity index (χ0n) is 33.5. The first-order valence-electron chi connectivity index (χ1n) is 18.5. The van der Waals surface area contributed by atoms with Crippen molar-refractivity contribution in [3.05, 3.63) is 145 Å². The van der Waals surface area contributed by atoms with Crippen molar-refractivity contribution in [2.24, 2.45) is 0 Å². The third-order valence-electron chi connectivity index (χ3n) is 8.61. The number of phenols is 1. The number of hydrogen-bond acceptors (Lipinski definition) is 10. The molecule has 0 radical (unpaired) electrons. The van der Waals surface area contributed by atoms with Crippen LogP contribution in [0.15, 0.2) is 164 Å². The number of ether oxygens (including phenoxy) is 3. The molecule has 0 unspecified atom stereocenters. The van der Waals surface area contributed by atoms with Gasteiger partial charge in [-0.15, -0.1) is 0 Å². The fourth-order valence-electron chi connectivity index (χ4n) is 5.59. The van der Waals surface area contributed by atoms with Crippen LogP contribution in [0.3, 0.4) is 0 Å². The van der Waals surface area contributed by atoms with Crippen LogP contribution in [0.5, 0.6) is 28.7 Å². The maximum absolute atomic E-state index is 13.3. The van der Waals surface area contributed by atoms with E-state index >= 15 is 0 Å². The summed E-state index contributed by atoms with van der Waals surface area (Å²) in [7, 11) is -11.5. The average Bonchev–Trinajstić information content (AvgIpc) is 3.15. The van der Waals surface area contributed by atoms with Crippen molar-refractivity contribution in [2.45, 2.75) is 90.4 Å². The molecular formula is C45H48O10S3. The van der Waals surface area contributed by atoms with E-state index in [0.29, 0.717) is 23.7 Å². The Labute approximate surface area is 342 Å². The highest BCUT2D eigenvalue weighted by Crippen LogP contribution is 2.35. The van der Waals surface area contributed by atoms with Gasteiger partial charge in [-0.2, -0.15) is 0 Å². The van der Waals surface area contributed by atoms with Crippen molar-refractivity contribution in [3.63, 3.8) is 0 Å². The van der Waals surface area contributed by atoms with Gasteiger partial charge in [0.05, 0.1) is 30.2 Å². The Morgan fingerprint density at radius 3 is 1.57 bits per heavy atom. The van der Waals surface area contributed by atoms with Crippen LogP contribution in [-0.2, 0) is 34.9 Å². The molecule has 0 heterocycles. The fourth-order valence-corrected chi connectivity index (χ4v) is 9.23. The smallest absolute Gasteiger partial charge is 0.206 e. The topological polar surface area (TPSA) is 150 Å². The van der Waals surface area contributed by atoms with Crippen LogP contribution in [0, 0.1) is 0 Å². The molecule has 0 bridgehead atoms. The minimum atomic E-state index is -3.96. The second kappa shape index (κ2) is 17.2. The monoisotopic (exact) mass is 844 g/mol. The summed E-state index contributed by atoms with van der Waals surface area (Å²) in [6.07, 6.45) is 5.38. The van der Waals surface area contributed by atoms with Crippen LogP contribution in [0.25, 0.3) is 0 Å². The van der Waals surface area contributed by atoms with Gasteiger partial charge in [-0.25, -0.2) is 25.3 Å². The number of benzene rings is 5. The summed E-state index contributed by atoms with van der Waals surface area (Å²) in [5, 5.41) is 10.7. The number of allylic oxidation sites excluding steroid dienone is 2. The molecule has 58 heavy (non-hydrogen) atoms. The van der Waals surface area contributed by atoms with E-state index < -0.39 is 40.9 Å². The van der Waals surface area contributed by atoms with Crippen LogP contribution in [0.4, 0.5) is 0 Å². The van der Waals surface area contributed by atoms with Crippen LogP contribution >= 0.6 is 0 Å². The summed E-state index contributed by atoms with van der Waals surface area (Å²) >= 11 is 0. The van der Waals surface area contributed by atoms with Crippen molar-refractivity contribution in [2.75, 3.05) is 5.75 Å². The molecule has 306 valence electrons. The van der Waals surface area contributed by atoms with E-state index in [0.717, 1.165) is 11.6 Å². The molecule has 10 nitrogen and oxygen atoms in total. The highest BCUT2D eigenvalue weighted by atomic mass is 32.2. The summed E-state index contributed by atoms with van der Waals surface area (Å²) in [6, 6.07) is 28.2. The first-order valence-corrected chi connectivity index (χ1v) is 23.1. The predicted octanol–water partition coefficient (Wildman–Crippen LogP) is 10.0. The number of phenolic OH excluding ortho intramolecular Hbond substituents is 1. The Bertz CT molecular complexity index is 2610. The van der Waals surface area contributed by atoms with Crippen LogP contribution in [0.1, 0.15) is 60.5 Å². The van der Waals surface area contributed by atoms with E-state index in [9.17, 15) is 30.4 Å². The van der Waals surface area contributed by atoms with E-state index in [1.165, 1.54) is 66.7 Å². The molecule has 1 N–H and O–H groups in total. The SMILES string of the molecule is CC/C=C(\C=C/CS(=O)(=O)c1ccc(Oc2ccc(S(=O)(=O)c3ccc(OC(C)(C)C)cc3)cc2O)cc1)Oc1ccc(S(=O)(=O)c2ccc(C(C)(C)C)cc2)cc1. The van der Waals surface area contributed by atoms with Gasteiger partial charge >= 0.3 is 0 Å². The van der Waals surface area contributed by atoms with Crippen LogP contribution in [0.2, 0.25) is 0 Å². The molecule has 5 aromatic carbocycles. The van der Waals surface area contributed by atoms with Crippen molar-refractivity contribution in [3.8, 4) is 28.7 Å². The summed E-state index contributed by atoms with van der Waals surface area (Å²) in [4.78, 5) is 0.226. The van der Waals surface area contributed by atoms with E-state index in [2.05, 4.69) is 20.8 Å². The van der Waals surface area contributed by atoms with Gasteiger partial charge in [0.1, 0.15) is 28.6 Å². The molecule has 5 rings (SSSR count). The molecule has 13 heteroatoms. The third kappa shape index (κ3) is 11.0. The Kier molecular flexibility index (Phi) is 13.0. The van der Waals surface area contributed by atoms with Crippen molar-refractivity contribution in [1.29, 1.82) is 0 Å². The molecule has 0 fully saturated rings. The zero-order valence-corrected chi connectivity index (χ0v) is 35.9. The lowest BCUT2D eigenvalue weighted by Gasteiger charge is -2.21. The molecule has 0 saturated carbocycles. The molecule has 0 spiro atoms. The Morgan fingerprint density at radius 2 is 1.07 bits per heavy atom. The molecule has 0 amide bonds. The van der Waals surface area contributed by atoms with E-state index in [1.54, 1.807) is 48.6 Å². The van der Waals surface area contributed by atoms with Gasteiger partial charge in [0.2, 0.25) is 19.7 Å². The highest BCUT2D eigenvalue weighted by Gasteiger charge is 2.22. The second-order valence-corrected chi connectivity index (χ2v) is 21.4.